The second-order valence-electron chi connectivity index (χ2n) is 9.93. The van der Waals surface area contributed by atoms with Gasteiger partial charge in [-0.05, 0) is 45.4 Å². The molecule has 5 amide bonds. The van der Waals surface area contributed by atoms with Crippen LogP contribution in [-0.4, -0.2) is 101 Å². The molecular formula is C24H43N7O8. The van der Waals surface area contributed by atoms with Crippen LogP contribution in [0.1, 0.15) is 59.8 Å². The first-order valence-corrected chi connectivity index (χ1v) is 13.1. The number of nitrogens with two attached hydrogens (primary N) is 1. The quantitative estimate of drug-likeness (QED) is 0.0723. The van der Waals surface area contributed by atoms with Crippen molar-refractivity contribution in [3.8, 4) is 0 Å². The average Bonchev–Trinajstić information content (AvgIpc) is 3.36. The van der Waals surface area contributed by atoms with E-state index in [1.165, 1.54) is 11.8 Å². The summed E-state index contributed by atoms with van der Waals surface area (Å²) in [6.45, 7) is 7.09. The van der Waals surface area contributed by atoms with Crippen molar-refractivity contribution in [1.29, 1.82) is 0 Å². The minimum absolute atomic E-state index is 0.161. The average molecular weight is 558 g/mol. The van der Waals surface area contributed by atoms with Crippen molar-refractivity contribution in [3.63, 3.8) is 0 Å². The summed E-state index contributed by atoms with van der Waals surface area (Å²) in [4.78, 5) is 76.0. The van der Waals surface area contributed by atoms with Gasteiger partial charge in [0.2, 0.25) is 29.5 Å². The Morgan fingerprint density at radius 2 is 1.67 bits per heavy atom. The van der Waals surface area contributed by atoms with Crippen LogP contribution >= 0.6 is 0 Å². The van der Waals surface area contributed by atoms with Crippen molar-refractivity contribution in [2.45, 2.75) is 90.1 Å². The highest BCUT2D eigenvalue weighted by molar-refractivity contribution is 5.96. The zero-order valence-corrected chi connectivity index (χ0v) is 23.0. The van der Waals surface area contributed by atoms with E-state index in [2.05, 4.69) is 26.7 Å². The second-order valence-corrected chi connectivity index (χ2v) is 9.93. The normalized spacial score (nSPS) is 18.0. The minimum atomic E-state index is -1.48. The summed E-state index contributed by atoms with van der Waals surface area (Å²) in [5, 5.41) is 28.8. The van der Waals surface area contributed by atoms with Gasteiger partial charge in [-0.15, -0.1) is 0 Å². The Labute approximate surface area is 228 Å². The molecule has 5 unspecified atom stereocenters. The van der Waals surface area contributed by atoms with Crippen LogP contribution in [-0.2, 0) is 28.8 Å². The minimum Gasteiger partial charge on any atom is -0.481 e. The third-order valence-corrected chi connectivity index (χ3v) is 6.18. The Balaban J connectivity index is 3.00. The van der Waals surface area contributed by atoms with E-state index in [1.54, 1.807) is 6.92 Å². The molecule has 9 N–H and O–H groups in total. The van der Waals surface area contributed by atoms with Gasteiger partial charge in [0.1, 0.15) is 24.2 Å². The van der Waals surface area contributed by atoms with E-state index in [0.29, 0.717) is 32.4 Å². The summed E-state index contributed by atoms with van der Waals surface area (Å²) < 4.78 is 0. The monoisotopic (exact) mass is 557 g/mol. The highest BCUT2D eigenvalue weighted by atomic mass is 16.4. The van der Waals surface area contributed by atoms with Gasteiger partial charge < -0.3 is 36.4 Å². The van der Waals surface area contributed by atoms with Gasteiger partial charge in [-0.3, -0.25) is 34.6 Å². The Morgan fingerprint density at radius 3 is 2.21 bits per heavy atom. The van der Waals surface area contributed by atoms with Gasteiger partial charge >= 0.3 is 5.97 Å². The molecule has 0 saturated carbocycles. The number of amides is 5. The fourth-order valence-corrected chi connectivity index (χ4v) is 4.22. The molecule has 15 heteroatoms. The van der Waals surface area contributed by atoms with Crippen molar-refractivity contribution in [1.82, 2.24) is 31.6 Å². The highest BCUT2D eigenvalue weighted by Crippen LogP contribution is 2.20. The molecule has 1 aliphatic rings. The molecule has 0 bridgehead atoms. The number of carboxylic acid groups (broad SMARTS) is 1. The summed E-state index contributed by atoms with van der Waals surface area (Å²) in [7, 11) is 0. The molecule has 0 aromatic carbocycles. The summed E-state index contributed by atoms with van der Waals surface area (Å²) in [5.74, 6) is 1.30. The third-order valence-electron chi connectivity index (χ3n) is 6.18. The number of likely N-dealkylation sites (N-methyl/N-ethyl adjacent to an activating group) is 1. The van der Waals surface area contributed by atoms with E-state index in [4.69, 9.17) is 10.9 Å². The maximum Gasteiger partial charge on any atom is 0.303 e. The van der Waals surface area contributed by atoms with E-state index < -0.39 is 66.3 Å². The molecule has 222 valence electrons. The number of carboxylic acids is 1. The molecule has 1 rings (SSSR count). The van der Waals surface area contributed by atoms with Crippen LogP contribution in [0.4, 0.5) is 0 Å². The van der Waals surface area contributed by atoms with Gasteiger partial charge in [0.25, 0.3) is 0 Å². The van der Waals surface area contributed by atoms with E-state index in [1.807, 2.05) is 13.8 Å². The van der Waals surface area contributed by atoms with Gasteiger partial charge in [0.05, 0.1) is 12.6 Å². The number of hydrogen-bond donors (Lipinski definition) is 8. The summed E-state index contributed by atoms with van der Waals surface area (Å²) in [6, 6.07) is -4.45. The number of carbonyl (C=O) groups is 6. The molecule has 0 spiro atoms. The van der Waals surface area contributed by atoms with E-state index in [-0.39, 0.29) is 24.8 Å². The number of hydrazine groups is 1. The number of rotatable bonds is 16. The number of nitrogens with zero attached hydrogens (tertiary/aromatic N) is 1. The van der Waals surface area contributed by atoms with Crippen molar-refractivity contribution in [2.24, 2.45) is 11.8 Å². The van der Waals surface area contributed by atoms with Crippen molar-refractivity contribution in [2.75, 3.05) is 19.6 Å². The first-order valence-electron chi connectivity index (χ1n) is 13.1. The summed E-state index contributed by atoms with van der Waals surface area (Å²) in [6.07, 6.45) is -0.813. The van der Waals surface area contributed by atoms with E-state index in [0.717, 1.165) is 0 Å². The Kier molecular flexibility index (Phi) is 14.4. The highest BCUT2D eigenvalue weighted by Gasteiger charge is 2.39. The van der Waals surface area contributed by atoms with Crippen molar-refractivity contribution in [3.05, 3.63) is 0 Å². The van der Waals surface area contributed by atoms with Crippen LogP contribution in [0.15, 0.2) is 0 Å². The smallest absolute Gasteiger partial charge is 0.303 e. The molecule has 15 nitrogen and oxygen atoms in total. The SMILES string of the molecule is CCNC(=O)CNC(=O)C(NC(=O)C(CCC(=O)O)NC(=O)C1CCCN1C(=O)C(CC(C)C)NN)C(C)O. The fourth-order valence-electron chi connectivity index (χ4n) is 4.22. The maximum absolute atomic E-state index is 13.2. The molecule has 0 aliphatic carbocycles. The maximum atomic E-state index is 13.2. The van der Waals surface area contributed by atoms with E-state index >= 15 is 0 Å². The largest absolute Gasteiger partial charge is 0.481 e. The number of aliphatic hydroxyl groups excluding tert-OH is 1. The molecule has 0 radical (unpaired) electrons. The van der Waals surface area contributed by atoms with E-state index in [9.17, 15) is 33.9 Å². The zero-order valence-electron chi connectivity index (χ0n) is 23.0. The van der Waals surface area contributed by atoms with Gasteiger partial charge in [-0.25, -0.2) is 5.43 Å². The fraction of sp³-hybridized carbons (Fsp3) is 0.750. The molecule has 0 aromatic rings. The lowest BCUT2D eigenvalue weighted by Crippen LogP contribution is -2.60. The number of aliphatic carboxylic acids is 1. The van der Waals surface area contributed by atoms with Crippen molar-refractivity contribution >= 4 is 35.5 Å². The zero-order chi connectivity index (χ0) is 29.7. The van der Waals surface area contributed by atoms with Crippen LogP contribution in [0, 0.1) is 5.92 Å². The molecule has 39 heavy (non-hydrogen) atoms. The first kappa shape index (κ1) is 33.7. The Bertz CT molecular complexity index is 883. The lowest BCUT2D eigenvalue weighted by molar-refractivity contribution is -0.142. The second kappa shape index (κ2) is 16.6. The van der Waals surface area contributed by atoms with Crippen LogP contribution in [0.3, 0.4) is 0 Å². The lowest BCUT2D eigenvalue weighted by atomic mass is 10.0. The standard InChI is InChI=1S/C24H43N7O8/c1-5-26-18(33)12-27-23(38)20(14(4)32)29-21(36)15(8-9-19(34)35)28-22(37)17-7-6-10-31(17)24(39)16(30-25)11-13(2)3/h13-17,20,30,32H,5-12,25H2,1-4H3,(H,26,33)(H,27,38)(H,28,37)(H,29,36)(H,34,35). The predicted molar refractivity (Wildman–Crippen MR) is 139 cm³/mol. The molecular weight excluding hydrogens is 514 g/mol. The van der Waals surface area contributed by atoms with Crippen LogP contribution in [0.25, 0.3) is 0 Å². The number of nitrogens with one attached hydrogen (secondary N) is 5. The molecule has 1 saturated heterocycles. The van der Waals surface area contributed by atoms with Gasteiger partial charge in [-0.2, -0.15) is 0 Å². The number of likely N-dealkylation sites (tertiary alicyclic amines) is 1. The van der Waals surface area contributed by atoms with Crippen molar-refractivity contribution < 1.29 is 39.0 Å². The lowest BCUT2D eigenvalue weighted by Gasteiger charge is -2.30. The molecule has 1 aliphatic heterocycles. The molecule has 0 aromatic heterocycles. The third kappa shape index (κ3) is 11.1. The number of aliphatic hydroxyl groups is 1. The van der Waals surface area contributed by atoms with Crippen LogP contribution < -0.4 is 32.5 Å². The van der Waals surface area contributed by atoms with Crippen LogP contribution in [0.5, 0.6) is 0 Å². The summed E-state index contributed by atoms with van der Waals surface area (Å²) >= 11 is 0. The molecule has 1 heterocycles. The number of carbonyl (C=O) groups excluding carboxylic acids is 5. The van der Waals surface area contributed by atoms with Gasteiger partial charge in [0.15, 0.2) is 0 Å². The Morgan fingerprint density at radius 1 is 1.00 bits per heavy atom. The predicted octanol–water partition coefficient (Wildman–Crippen LogP) is -2.68. The van der Waals surface area contributed by atoms with Gasteiger partial charge in [-0.1, -0.05) is 13.8 Å². The molecule has 1 fully saturated rings. The molecule has 5 atom stereocenters. The summed E-state index contributed by atoms with van der Waals surface area (Å²) in [5.41, 5.74) is 2.49. The number of hydrogen-bond acceptors (Lipinski definition) is 9. The van der Waals surface area contributed by atoms with Crippen LogP contribution in [0.2, 0.25) is 0 Å². The Hall–Kier alpha value is -3.30. The topological polar surface area (TPSA) is 232 Å². The first-order chi connectivity index (χ1) is 18.3. The van der Waals surface area contributed by atoms with Gasteiger partial charge in [0, 0.05) is 19.5 Å².